The standard InChI is InChI=1S/C26H27N3O2S/c1-18-10-11-22(17-19(18)2)32-25-23(9-6-14-27-25)24(30)28-21-12-15-29(16-13-21)26(31)20-7-4-3-5-8-20/h3-11,14,17,21H,12-13,15-16H2,1-2H3,(H,28,30). The minimum atomic E-state index is -0.114. The van der Waals surface area contributed by atoms with Crippen LogP contribution in [-0.2, 0) is 0 Å². The van der Waals surface area contributed by atoms with Gasteiger partial charge in [-0.3, -0.25) is 9.59 Å². The molecule has 0 aliphatic carbocycles. The monoisotopic (exact) mass is 445 g/mol. The Kier molecular flexibility index (Phi) is 6.90. The van der Waals surface area contributed by atoms with Crippen LogP contribution in [0.5, 0.6) is 0 Å². The first-order valence-corrected chi connectivity index (χ1v) is 11.7. The van der Waals surface area contributed by atoms with Crippen molar-refractivity contribution < 1.29 is 9.59 Å². The average molecular weight is 446 g/mol. The van der Waals surface area contributed by atoms with Crippen molar-refractivity contribution in [3.63, 3.8) is 0 Å². The van der Waals surface area contributed by atoms with Crippen LogP contribution in [-0.4, -0.2) is 40.8 Å². The fraction of sp³-hybridized carbons (Fsp3) is 0.269. The predicted octanol–water partition coefficient (Wildman–Crippen LogP) is 4.88. The largest absolute Gasteiger partial charge is 0.349 e. The fourth-order valence-electron chi connectivity index (χ4n) is 3.79. The second-order valence-corrected chi connectivity index (χ2v) is 9.17. The molecular weight excluding hydrogens is 418 g/mol. The van der Waals surface area contributed by atoms with Gasteiger partial charge >= 0.3 is 0 Å². The third kappa shape index (κ3) is 5.19. The molecule has 0 atom stereocenters. The van der Waals surface area contributed by atoms with Gasteiger partial charge in [-0.25, -0.2) is 4.98 Å². The molecule has 1 N–H and O–H groups in total. The highest BCUT2D eigenvalue weighted by atomic mass is 32.2. The van der Waals surface area contributed by atoms with Gasteiger partial charge in [0, 0.05) is 35.8 Å². The van der Waals surface area contributed by atoms with Crippen LogP contribution < -0.4 is 5.32 Å². The van der Waals surface area contributed by atoms with Gasteiger partial charge in [0.25, 0.3) is 11.8 Å². The zero-order valence-corrected chi connectivity index (χ0v) is 19.2. The highest BCUT2D eigenvalue weighted by Gasteiger charge is 2.25. The molecule has 2 heterocycles. The molecule has 1 fully saturated rings. The molecule has 164 valence electrons. The number of aryl methyl sites for hydroxylation is 2. The molecular formula is C26H27N3O2S. The van der Waals surface area contributed by atoms with Gasteiger partial charge in [0.2, 0.25) is 0 Å². The van der Waals surface area contributed by atoms with E-state index in [1.54, 1.807) is 12.3 Å². The molecule has 0 radical (unpaired) electrons. The number of rotatable bonds is 5. The number of aromatic nitrogens is 1. The number of pyridine rings is 1. The zero-order chi connectivity index (χ0) is 22.5. The minimum absolute atomic E-state index is 0.0435. The molecule has 1 aliphatic rings. The number of carbonyl (C=O) groups excluding carboxylic acids is 2. The summed E-state index contributed by atoms with van der Waals surface area (Å²) in [4.78, 5) is 33.1. The van der Waals surface area contributed by atoms with Gasteiger partial charge in [-0.05, 0) is 74.2 Å². The first-order valence-electron chi connectivity index (χ1n) is 10.9. The van der Waals surface area contributed by atoms with Crippen molar-refractivity contribution in [1.82, 2.24) is 15.2 Å². The summed E-state index contributed by atoms with van der Waals surface area (Å²) in [6.07, 6.45) is 3.20. The van der Waals surface area contributed by atoms with Crippen LogP contribution >= 0.6 is 11.8 Å². The minimum Gasteiger partial charge on any atom is -0.349 e. The Hall–Kier alpha value is -3.12. The molecule has 6 heteroatoms. The van der Waals surface area contributed by atoms with Crippen molar-refractivity contribution >= 4 is 23.6 Å². The summed E-state index contributed by atoms with van der Waals surface area (Å²) < 4.78 is 0. The maximum atomic E-state index is 13.0. The molecule has 0 spiro atoms. The van der Waals surface area contributed by atoms with E-state index in [4.69, 9.17) is 0 Å². The number of hydrogen-bond acceptors (Lipinski definition) is 4. The SMILES string of the molecule is Cc1ccc(Sc2ncccc2C(=O)NC2CCN(C(=O)c3ccccc3)CC2)cc1C. The van der Waals surface area contributed by atoms with Crippen molar-refractivity contribution in [2.45, 2.75) is 42.7 Å². The van der Waals surface area contributed by atoms with Gasteiger partial charge in [0.05, 0.1) is 5.56 Å². The highest BCUT2D eigenvalue weighted by Crippen LogP contribution is 2.30. The fourth-order valence-corrected chi connectivity index (χ4v) is 4.77. The summed E-state index contributed by atoms with van der Waals surface area (Å²) in [6.45, 7) is 5.44. The van der Waals surface area contributed by atoms with E-state index in [0.717, 1.165) is 17.7 Å². The molecule has 2 aromatic carbocycles. The Labute approximate surface area is 193 Å². The lowest BCUT2D eigenvalue weighted by molar-refractivity contribution is 0.0698. The van der Waals surface area contributed by atoms with Crippen molar-refractivity contribution in [1.29, 1.82) is 0 Å². The summed E-state index contributed by atoms with van der Waals surface area (Å²) in [6, 6.07) is 19.3. The van der Waals surface area contributed by atoms with E-state index in [2.05, 4.69) is 42.3 Å². The average Bonchev–Trinajstić information content (AvgIpc) is 2.82. The third-order valence-corrected chi connectivity index (χ3v) is 6.86. The van der Waals surface area contributed by atoms with Crippen LogP contribution in [0.15, 0.2) is 76.8 Å². The van der Waals surface area contributed by atoms with E-state index in [1.807, 2.05) is 41.3 Å². The Morgan fingerprint density at radius 3 is 2.44 bits per heavy atom. The molecule has 0 bridgehead atoms. The van der Waals surface area contributed by atoms with Gasteiger partial charge in [0.1, 0.15) is 5.03 Å². The van der Waals surface area contributed by atoms with Crippen LogP contribution in [0.4, 0.5) is 0 Å². The van der Waals surface area contributed by atoms with E-state index in [1.165, 1.54) is 22.9 Å². The first-order chi connectivity index (χ1) is 15.5. The number of piperidine rings is 1. The van der Waals surface area contributed by atoms with Crippen LogP contribution in [0.2, 0.25) is 0 Å². The molecule has 1 aromatic heterocycles. The van der Waals surface area contributed by atoms with E-state index < -0.39 is 0 Å². The molecule has 0 saturated carbocycles. The van der Waals surface area contributed by atoms with Gasteiger partial charge in [-0.1, -0.05) is 36.0 Å². The number of likely N-dealkylation sites (tertiary alicyclic amines) is 1. The molecule has 2 amide bonds. The lowest BCUT2D eigenvalue weighted by Gasteiger charge is -2.32. The zero-order valence-electron chi connectivity index (χ0n) is 18.4. The molecule has 0 unspecified atom stereocenters. The third-order valence-electron chi connectivity index (χ3n) is 5.85. The maximum Gasteiger partial charge on any atom is 0.254 e. The smallest absolute Gasteiger partial charge is 0.254 e. The Morgan fingerprint density at radius 1 is 0.969 bits per heavy atom. The number of carbonyl (C=O) groups is 2. The molecule has 32 heavy (non-hydrogen) atoms. The number of nitrogens with zero attached hydrogens (tertiary/aromatic N) is 2. The molecule has 1 aliphatic heterocycles. The van der Waals surface area contributed by atoms with Gasteiger partial charge in [-0.2, -0.15) is 0 Å². The van der Waals surface area contributed by atoms with Gasteiger partial charge < -0.3 is 10.2 Å². The Morgan fingerprint density at radius 2 is 1.72 bits per heavy atom. The summed E-state index contributed by atoms with van der Waals surface area (Å²) >= 11 is 1.50. The van der Waals surface area contributed by atoms with Crippen LogP contribution in [0, 0.1) is 13.8 Å². The Balaban J connectivity index is 1.38. The summed E-state index contributed by atoms with van der Waals surface area (Å²) in [5.74, 6) is -0.0630. The first kappa shape index (κ1) is 22.1. The van der Waals surface area contributed by atoms with E-state index >= 15 is 0 Å². The molecule has 1 saturated heterocycles. The van der Waals surface area contributed by atoms with E-state index in [9.17, 15) is 9.59 Å². The lowest BCUT2D eigenvalue weighted by Crippen LogP contribution is -2.46. The number of amides is 2. The molecule has 5 nitrogen and oxygen atoms in total. The lowest BCUT2D eigenvalue weighted by atomic mass is 10.0. The number of hydrogen-bond donors (Lipinski definition) is 1. The van der Waals surface area contributed by atoms with E-state index in [0.29, 0.717) is 29.2 Å². The maximum absolute atomic E-state index is 13.0. The highest BCUT2D eigenvalue weighted by molar-refractivity contribution is 7.99. The van der Waals surface area contributed by atoms with Crippen molar-refractivity contribution in [2.75, 3.05) is 13.1 Å². The second kappa shape index (κ2) is 10.0. The molecule has 3 aromatic rings. The normalized spacial score (nSPS) is 14.2. The van der Waals surface area contributed by atoms with Gasteiger partial charge in [0.15, 0.2) is 0 Å². The van der Waals surface area contributed by atoms with Crippen molar-refractivity contribution in [3.8, 4) is 0 Å². The topological polar surface area (TPSA) is 62.3 Å². The van der Waals surface area contributed by atoms with Crippen LogP contribution in [0.3, 0.4) is 0 Å². The van der Waals surface area contributed by atoms with Crippen LogP contribution in [0.1, 0.15) is 44.7 Å². The molecule has 4 rings (SSSR count). The van der Waals surface area contributed by atoms with Crippen molar-refractivity contribution in [2.24, 2.45) is 0 Å². The summed E-state index contributed by atoms with van der Waals surface area (Å²) in [7, 11) is 0. The van der Waals surface area contributed by atoms with E-state index in [-0.39, 0.29) is 17.9 Å². The summed E-state index contributed by atoms with van der Waals surface area (Å²) in [5, 5.41) is 3.85. The summed E-state index contributed by atoms with van der Waals surface area (Å²) in [5.41, 5.74) is 3.75. The van der Waals surface area contributed by atoms with Gasteiger partial charge in [-0.15, -0.1) is 0 Å². The Bertz CT molecular complexity index is 1110. The predicted molar refractivity (Wildman–Crippen MR) is 127 cm³/mol. The quantitative estimate of drug-likeness (QED) is 0.608. The number of benzene rings is 2. The van der Waals surface area contributed by atoms with Crippen molar-refractivity contribution in [3.05, 3.63) is 89.1 Å². The second-order valence-electron chi connectivity index (χ2n) is 8.11. The van der Waals surface area contributed by atoms with Crippen LogP contribution in [0.25, 0.3) is 0 Å². The number of nitrogens with one attached hydrogen (secondary N) is 1.